The van der Waals surface area contributed by atoms with Crippen molar-refractivity contribution >= 4 is 34.8 Å². The maximum absolute atomic E-state index is 12.0. The summed E-state index contributed by atoms with van der Waals surface area (Å²) in [7, 11) is 0. The third kappa shape index (κ3) is 4.00. The van der Waals surface area contributed by atoms with E-state index in [4.69, 9.17) is 11.6 Å². The summed E-state index contributed by atoms with van der Waals surface area (Å²) in [6, 6.07) is 5.17. The zero-order valence-electron chi connectivity index (χ0n) is 11.5. The molecular formula is C14H13ClN4O2. The zero-order valence-corrected chi connectivity index (χ0v) is 12.2. The highest BCUT2D eigenvalue weighted by atomic mass is 35.5. The molecule has 0 saturated heterocycles. The van der Waals surface area contributed by atoms with Crippen molar-refractivity contribution in [1.29, 1.82) is 0 Å². The molecule has 6 nitrogen and oxygen atoms in total. The van der Waals surface area contributed by atoms with Crippen LogP contribution >= 0.6 is 11.6 Å². The molecule has 0 unspecified atom stereocenters. The zero-order chi connectivity index (χ0) is 15.4. The van der Waals surface area contributed by atoms with Crippen molar-refractivity contribution in [3.63, 3.8) is 0 Å². The van der Waals surface area contributed by atoms with Crippen molar-refractivity contribution in [3.8, 4) is 0 Å². The largest absolute Gasteiger partial charge is 0.326 e. The monoisotopic (exact) mass is 304 g/mol. The van der Waals surface area contributed by atoms with Crippen molar-refractivity contribution in [2.24, 2.45) is 0 Å². The number of nitrogens with zero attached hydrogens (tertiary/aromatic N) is 2. The minimum absolute atomic E-state index is 0.147. The van der Waals surface area contributed by atoms with E-state index in [-0.39, 0.29) is 22.7 Å². The molecule has 0 aliphatic carbocycles. The number of amides is 2. The quantitative estimate of drug-likeness (QED) is 0.913. The molecule has 2 rings (SSSR count). The first kappa shape index (κ1) is 14.9. The van der Waals surface area contributed by atoms with Crippen molar-refractivity contribution in [2.45, 2.75) is 13.8 Å². The molecule has 1 aromatic carbocycles. The first-order chi connectivity index (χ1) is 9.95. The number of nitrogens with one attached hydrogen (secondary N) is 2. The van der Waals surface area contributed by atoms with Gasteiger partial charge in [0.05, 0.1) is 12.4 Å². The minimum Gasteiger partial charge on any atom is -0.326 e. The number of hydrogen-bond acceptors (Lipinski definition) is 4. The minimum atomic E-state index is -0.383. The fourth-order valence-corrected chi connectivity index (χ4v) is 1.79. The molecular weight excluding hydrogens is 292 g/mol. The van der Waals surface area contributed by atoms with Crippen LogP contribution in [0.15, 0.2) is 30.6 Å². The summed E-state index contributed by atoms with van der Waals surface area (Å²) in [4.78, 5) is 30.7. The number of anilines is 2. The number of hydrogen-bond donors (Lipinski definition) is 2. The molecule has 0 aliphatic heterocycles. The second-order valence-electron chi connectivity index (χ2n) is 4.39. The SMILES string of the molecule is CC(=O)Nc1ccc(NC(=O)c2cnc(Cl)cn2)cc1C. The molecule has 2 amide bonds. The lowest BCUT2D eigenvalue weighted by molar-refractivity contribution is -0.114. The van der Waals surface area contributed by atoms with E-state index in [9.17, 15) is 9.59 Å². The number of aryl methyl sites for hydroxylation is 1. The number of carbonyl (C=O) groups excluding carboxylic acids is 2. The van der Waals surface area contributed by atoms with Gasteiger partial charge in [0.2, 0.25) is 5.91 Å². The van der Waals surface area contributed by atoms with Gasteiger partial charge in [0.25, 0.3) is 5.91 Å². The van der Waals surface area contributed by atoms with Gasteiger partial charge in [0.1, 0.15) is 10.8 Å². The standard InChI is InChI=1S/C14H13ClN4O2/c1-8-5-10(3-4-11(8)18-9(2)20)19-14(21)12-6-17-13(15)7-16-12/h3-7H,1-2H3,(H,18,20)(H,19,21). The molecule has 108 valence electrons. The Morgan fingerprint density at radius 2 is 1.90 bits per heavy atom. The second kappa shape index (κ2) is 6.32. The van der Waals surface area contributed by atoms with Gasteiger partial charge in [-0.3, -0.25) is 9.59 Å². The van der Waals surface area contributed by atoms with Crippen LogP contribution in [-0.4, -0.2) is 21.8 Å². The number of aromatic nitrogens is 2. The van der Waals surface area contributed by atoms with E-state index >= 15 is 0 Å². The molecule has 1 aromatic heterocycles. The predicted octanol–water partition coefficient (Wildman–Crippen LogP) is 2.65. The molecule has 0 spiro atoms. The van der Waals surface area contributed by atoms with E-state index in [0.717, 1.165) is 5.56 Å². The second-order valence-corrected chi connectivity index (χ2v) is 4.78. The number of halogens is 1. The lowest BCUT2D eigenvalue weighted by Crippen LogP contribution is -2.14. The maximum atomic E-state index is 12.0. The molecule has 0 fully saturated rings. The topological polar surface area (TPSA) is 84.0 Å². The predicted molar refractivity (Wildman–Crippen MR) is 80.5 cm³/mol. The fourth-order valence-electron chi connectivity index (χ4n) is 1.70. The number of carbonyl (C=O) groups is 2. The Morgan fingerprint density at radius 1 is 1.14 bits per heavy atom. The molecule has 2 N–H and O–H groups in total. The smallest absolute Gasteiger partial charge is 0.275 e. The highest BCUT2D eigenvalue weighted by Crippen LogP contribution is 2.20. The van der Waals surface area contributed by atoms with Crippen LogP contribution in [0.5, 0.6) is 0 Å². The number of benzene rings is 1. The normalized spacial score (nSPS) is 10.0. The molecule has 2 aromatic rings. The van der Waals surface area contributed by atoms with E-state index < -0.39 is 0 Å². The maximum Gasteiger partial charge on any atom is 0.275 e. The molecule has 0 radical (unpaired) electrons. The summed E-state index contributed by atoms with van der Waals surface area (Å²) in [6.07, 6.45) is 2.61. The van der Waals surface area contributed by atoms with Crippen molar-refractivity contribution in [3.05, 3.63) is 47.0 Å². The molecule has 21 heavy (non-hydrogen) atoms. The van der Waals surface area contributed by atoms with E-state index in [1.807, 2.05) is 6.92 Å². The molecule has 0 aliphatic rings. The average Bonchev–Trinajstić information content (AvgIpc) is 2.42. The van der Waals surface area contributed by atoms with Gasteiger partial charge < -0.3 is 10.6 Å². The van der Waals surface area contributed by atoms with Crippen LogP contribution < -0.4 is 10.6 Å². The van der Waals surface area contributed by atoms with E-state index in [0.29, 0.717) is 11.4 Å². The van der Waals surface area contributed by atoms with Crippen LogP contribution in [0.3, 0.4) is 0 Å². The highest BCUT2D eigenvalue weighted by molar-refractivity contribution is 6.29. The highest BCUT2D eigenvalue weighted by Gasteiger charge is 2.09. The summed E-state index contributed by atoms with van der Waals surface area (Å²) in [5.74, 6) is -0.530. The van der Waals surface area contributed by atoms with Crippen molar-refractivity contribution < 1.29 is 9.59 Å². The molecule has 1 heterocycles. The van der Waals surface area contributed by atoms with Crippen LogP contribution in [-0.2, 0) is 4.79 Å². The van der Waals surface area contributed by atoms with Crippen LogP contribution in [0.25, 0.3) is 0 Å². The summed E-state index contributed by atoms with van der Waals surface area (Å²) in [5, 5.41) is 5.63. The molecule has 0 saturated carbocycles. The Labute approximate surface area is 126 Å². The first-order valence-electron chi connectivity index (χ1n) is 6.13. The molecule has 0 bridgehead atoms. The summed E-state index contributed by atoms with van der Waals surface area (Å²) >= 11 is 5.62. The van der Waals surface area contributed by atoms with Gasteiger partial charge in [0.15, 0.2) is 0 Å². The van der Waals surface area contributed by atoms with Crippen LogP contribution in [0.2, 0.25) is 5.15 Å². The first-order valence-corrected chi connectivity index (χ1v) is 6.50. The Morgan fingerprint density at radius 3 is 2.48 bits per heavy atom. The van der Waals surface area contributed by atoms with Gasteiger partial charge in [0, 0.05) is 18.3 Å². The van der Waals surface area contributed by atoms with E-state index in [2.05, 4.69) is 20.6 Å². The third-order valence-corrected chi connectivity index (χ3v) is 2.84. The van der Waals surface area contributed by atoms with Gasteiger partial charge in [-0.1, -0.05) is 11.6 Å². The van der Waals surface area contributed by atoms with Crippen molar-refractivity contribution in [1.82, 2.24) is 9.97 Å². The Bertz CT molecular complexity index is 686. The Balaban J connectivity index is 2.12. The van der Waals surface area contributed by atoms with Gasteiger partial charge in [-0.05, 0) is 30.7 Å². The lowest BCUT2D eigenvalue weighted by Gasteiger charge is -2.09. The lowest BCUT2D eigenvalue weighted by atomic mass is 10.1. The summed E-state index contributed by atoms with van der Waals surface area (Å²) < 4.78 is 0. The number of rotatable bonds is 3. The van der Waals surface area contributed by atoms with Crippen LogP contribution in [0.4, 0.5) is 11.4 Å². The van der Waals surface area contributed by atoms with Gasteiger partial charge in [-0.25, -0.2) is 9.97 Å². The van der Waals surface area contributed by atoms with Crippen LogP contribution in [0, 0.1) is 6.92 Å². The van der Waals surface area contributed by atoms with Gasteiger partial charge in [-0.2, -0.15) is 0 Å². The Hall–Kier alpha value is -2.47. The van der Waals surface area contributed by atoms with Crippen molar-refractivity contribution in [2.75, 3.05) is 10.6 Å². The summed E-state index contributed by atoms with van der Waals surface area (Å²) in [5.41, 5.74) is 2.31. The van der Waals surface area contributed by atoms with E-state index in [1.165, 1.54) is 19.3 Å². The van der Waals surface area contributed by atoms with Gasteiger partial charge in [-0.15, -0.1) is 0 Å². The molecule has 7 heteroatoms. The Kier molecular flexibility index (Phi) is 4.49. The summed E-state index contributed by atoms with van der Waals surface area (Å²) in [6.45, 7) is 3.28. The van der Waals surface area contributed by atoms with Gasteiger partial charge >= 0.3 is 0 Å². The third-order valence-electron chi connectivity index (χ3n) is 2.65. The van der Waals surface area contributed by atoms with E-state index in [1.54, 1.807) is 18.2 Å². The molecule has 0 atom stereocenters. The fraction of sp³-hybridized carbons (Fsp3) is 0.143. The van der Waals surface area contributed by atoms with Crippen LogP contribution in [0.1, 0.15) is 23.0 Å². The average molecular weight is 305 g/mol.